The zero-order valence-corrected chi connectivity index (χ0v) is 10.4. The molecule has 0 aromatic heterocycles. The molecule has 0 aromatic carbocycles. The van der Waals surface area contributed by atoms with Crippen molar-refractivity contribution in [3.05, 3.63) is 11.5 Å². The number of hydrogen-bond acceptors (Lipinski definition) is 1. The van der Waals surface area contributed by atoms with Gasteiger partial charge >= 0.3 is 0 Å². The van der Waals surface area contributed by atoms with Crippen LogP contribution in [0.3, 0.4) is 0 Å². The molecule has 0 unspecified atom stereocenters. The minimum Gasteiger partial charge on any atom is -0.187 e. The van der Waals surface area contributed by atoms with Crippen LogP contribution in [0.2, 0.25) is 39.3 Å². The highest BCUT2D eigenvalue weighted by atomic mass is 28.4. The molecule has 0 atom stereocenters. The first-order chi connectivity index (χ1) is 4.69. The third kappa shape index (κ3) is 3.08. The van der Waals surface area contributed by atoms with Crippen LogP contribution in [0.4, 0.5) is 0 Å². The Morgan fingerprint density at radius 2 is 1.18 bits per heavy atom. The fourth-order valence-corrected chi connectivity index (χ4v) is 9.96. The molecule has 0 aliphatic rings. The molecule has 0 N–H and O–H groups in total. The van der Waals surface area contributed by atoms with Crippen molar-refractivity contribution in [3.63, 3.8) is 0 Å². The maximum absolute atomic E-state index is 7.09. The molecular weight excluding hydrogens is 168 g/mol. The van der Waals surface area contributed by atoms with Gasteiger partial charge in [-0.3, -0.25) is 0 Å². The largest absolute Gasteiger partial charge is 0.222 e. The van der Waals surface area contributed by atoms with Crippen LogP contribution in [0.5, 0.6) is 0 Å². The summed E-state index contributed by atoms with van der Waals surface area (Å²) < 4.78 is 2.07. The number of rotatable bonds is 2. The van der Waals surface area contributed by atoms with Gasteiger partial charge in [-0.1, -0.05) is 0 Å². The molecule has 0 radical (unpaired) electrons. The minimum atomic E-state index is -1.38. The Kier molecular flexibility index (Phi) is 2.92. The fraction of sp³-hybridized carbons (Fsp3) is 0.857. The van der Waals surface area contributed by atoms with Gasteiger partial charge in [-0.15, -0.1) is 0 Å². The van der Waals surface area contributed by atoms with Crippen LogP contribution < -0.4 is 0 Å². The average Bonchev–Trinajstić information content (AvgIpc) is 1.56. The zero-order valence-electron chi connectivity index (χ0n) is 8.39. The lowest BCUT2D eigenvalue weighted by Gasteiger charge is -2.32. The van der Waals surface area contributed by atoms with Crippen molar-refractivity contribution in [2.24, 2.45) is 0 Å². The first-order valence-corrected chi connectivity index (χ1v) is 10.8. The smallest absolute Gasteiger partial charge is 0.187 e. The molecule has 0 aliphatic carbocycles. The van der Waals surface area contributed by atoms with Gasteiger partial charge in [0.05, 0.1) is 0 Å². The predicted octanol–water partition coefficient (Wildman–Crippen LogP) is 2.79. The molecule has 0 saturated carbocycles. The van der Waals surface area contributed by atoms with Gasteiger partial charge in [0.2, 0.25) is 16.5 Å². The molecule has 4 heteroatoms. The molecule has 64 valence electrons. The van der Waals surface area contributed by atoms with Crippen LogP contribution in [0, 0.1) is 6.57 Å². The highest BCUT2D eigenvalue weighted by molar-refractivity contribution is 6.89. The summed E-state index contributed by atoms with van der Waals surface area (Å²) in [5.74, 6) is 0. The van der Waals surface area contributed by atoms with Crippen molar-refractivity contribution in [3.8, 4) is 0 Å². The van der Waals surface area contributed by atoms with Gasteiger partial charge < -0.3 is 0 Å². The van der Waals surface area contributed by atoms with E-state index < -0.39 is 16.5 Å². The van der Waals surface area contributed by atoms with E-state index in [1.165, 1.54) is 0 Å². The summed E-state index contributed by atoms with van der Waals surface area (Å²) in [5, 5.41) is 0. The van der Waals surface area contributed by atoms with Crippen molar-refractivity contribution in [2.45, 2.75) is 39.3 Å². The van der Waals surface area contributed by atoms with E-state index in [4.69, 9.17) is 6.57 Å². The average molecular weight is 186 g/mol. The summed E-state index contributed by atoms with van der Waals surface area (Å²) in [6.07, 6.45) is 0. The summed E-state index contributed by atoms with van der Waals surface area (Å²) in [4.78, 5) is 3.64. The summed E-state index contributed by atoms with van der Waals surface area (Å²) in [6.45, 7) is 20.4. The molecule has 0 aliphatic heterocycles. The molecule has 11 heavy (non-hydrogen) atoms. The standard InChI is InChI=1S/C7H18N2Si2/c1-8-9(10(2,3)4)11(5,6)7/h2-7H3. The van der Waals surface area contributed by atoms with Gasteiger partial charge in [-0.25, -0.2) is 0 Å². The van der Waals surface area contributed by atoms with Gasteiger partial charge in [-0.05, 0) is 39.3 Å². The van der Waals surface area contributed by atoms with Crippen LogP contribution in [-0.4, -0.2) is 20.8 Å². The second kappa shape index (κ2) is 2.99. The predicted molar refractivity (Wildman–Crippen MR) is 55.1 cm³/mol. The quantitative estimate of drug-likeness (QED) is 0.365. The van der Waals surface area contributed by atoms with Crippen LogP contribution in [-0.2, 0) is 0 Å². The summed E-state index contributed by atoms with van der Waals surface area (Å²) in [6, 6.07) is 0. The van der Waals surface area contributed by atoms with Crippen LogP contribution in [0.1, 0.15) is 0 Å². The SMILES string of the molecule is [C-]#[N+]N([Si](C)(C)C)[Si](C)(C)C. The van der Waals surface area contributed by atoms with Crippen LogP contribution >= 0.6 is 0 Å². The first-order valence-electron chi connectivity index (χ1n) is 3.87. The van der Waals surface area contributed by atoms with Crippen molar-refractivity contribution in [1.29, 1.82) is 0 Å². The molecule has 0 bridgehead atoms. The third-order valence-corrected chi connectivity index (χ3v) is 8.14. The molecule has 0 spiro atoms. The number of hydrogen-bond donors (Lipinski definition) is 0. The van der Waals surface area contributed by atoms with Gasteiger partial charge in [0.1, 0.15) is 0 Å². The molecule has 0 rings (SSSR count). The normalized spacial score (nSPS) is 12.5. The summed E-state index contributed by atoms with van der Waals surface area (Å²) in [5.41, 5.74) is 0. The Balaban J connectivity index is 4.60. The van der Waals surface area contributed by atoms with E-state index >= 15 is 0 Å². The maximum Gasteiger partial charge on any atom is 0.222 e. The molecular formula is C7H18N2Si2. The Hall–Kier alpha value is -0.276. The van der Waals surface area contributed by atoms with Gasteiger partial charge in [0.25, 0.3) is 0 Å². The van der Waals surface area contributed by atoms with Gasteiger partial charge in [-0.2, -0.15) is 15.9 Å². The lowest BCUT2D eigenvalue weighted by molar-refractivity contribution is 0.823. The van der Waals surface area contributed by atoms with Crippen LogP contribution in [0.25, 0.3) is 4.95 Å². The minimum absolute atomic E-state index is 1.38. The van der Waals surface area contributed by atoms with Crippen molar-refractivity contribution < 1.29 is 0 Å². The second-order valence-electron chi connectivity index (χ2n) is 4.75. The highest BCUT2D eigenvalue weighted by Crippen LogP contribution is 2.19. The first kappa shape index (κ1) is 10.7. The fourth-order valence-electron chi connectivity index (χ4n) is 1.31. The second-order valence-corrected chi connectivity index (χ2v) is 14.7. The summed E-state index contributed by atoms with van der Waals surface area (Å²) >= 11 is 0. The maximum atomic E-state index is 7.09. The van der Waals surface area contributed by atoms with Crippen molar-refractivity contribution >= 4 is 16.5 Å². The van der Waals surface area contributed by atoms with E-state index in [-0.39, 0.29) is 0 Å². The van der Waals surface area contributed by atoms with Gasteiger partial charge in [0, 0.05) is 0 Å². The lowest BCUT2D eigenvalue weighted by Crippen LogP contribution is -2.54. The molecule has 0 amide bonds. The van der Waals surface area contributed by atoms with E-state index in [9.17, 15) is 0 Å². The Labute approximate surface area is 72.2 Å². The van der Waals surface area contributed by atoms with E-state index in [2.05, 4.69) is 48.6 Å². The van der Waals surface area contributed by atoms with E-state index in [1.807, 2.05) is 0 Å². The van der Waals surface area contributed by atoms with Gasteiger partial charge in [0.15, 0.2) is 0 Å². The lowest BCUT2D eigenvalue weighted by atomic mass is 11.8. The molecule has 0 aromatic rings. The van der Waals surface area contributed by atoms with E-state index in [1.54, 1.807) is 0 Å². The van der Waals surface area contributed by atoms with Crippen molar-refractivity contribution in [1.82, 2.24) is 4.34 Å². The van der Waals surface area contributed by atoms with Crippen molar-refractivity contribution in [2.75, 3.05) is 0 Å². The molecule has 0 fully saturated rings. The molecule has 2 nitrogen and oxygen atoms in total. The monoisotopic (exact) mass is 186 g/mol. The zero-order chi connectivity index (χ0) is 9.28. The molecule has 0 saturated heterocycles. The molecule has 0 heterocycles. The van der Waals surface area contributed by atoms with E-state index in [0.29, 0.717) is 0 Å². The number of nitrogens with zero attached hydrogens (tertiary/aromatic N) is 2. The Bertz CT molecular complexity index is 156. The topological polar surface area (TPSA) is 7.60 Å². The third-order valence-electron chi connectivity index (χ3n) is 1.37. The Morgan fingerprint density at radius 3 is 1.18 bits per heavy atom. The highest BCUT2D eigenvalue weighted by Gasteiger charge is 2.39. The Morgan fingerprint density at radius 1 is 0.909 bits per heavy atom. The van der Waals surface area contributed by atoms with Crippen LogP contribution in [0.15, 0.2) is 0 Å². The summed E-state index contributed by atoms with van der Waals surface area (Å²) in [7, 11) is -2.76. The van der Waals surface area contributed by atoms with E-state index in [0.717, 1.165) is 0 Å².